The third kappa shape index (κ3) is 6.60. The molecule has 0 bridgehead atoms. The standard InChI is InChI=1S/C20H20BrN3.C5H12/c1-13(2)18(21)14(3)22-20-16-11-7-8-12-17(16)23-19(24-20)15-9-5-4-6-10-15;1-3-5-4-2/h4-12,19,23H,1H2,2-3H3,(H,22,24);3-5H2,1-2H3/b18-14-;. The number of benzene rings is 2. The van der Waals surface area contributed by atoms with Crippen LogP contribution in [0.15, 0.2) is 81.9 Å². The number of hydrogen-bond acceptors (Lipinski definition) is 3. The molecule has 2 N–H and O–H groups in total. The zero-order valence-electron chi connectivity index (χ0n) is 17.9. The van der Waals surface area contributed by atoms with E-state index in [1.807, 2.05) is 44.2 Å². The van der Waals surface area contributed by atoms with Crippen LogP contribution in [-0.2, 0) is 0 Å². The Morgan fingerprint density at radius 2 is 1.66 bits per heavy atom. The number of anilines is 1. The smallest absolute Gasteiger partial charge is 0.147 e. The molecule has 1 aliphatic heterocycles. The van der Waals surface area contributed by atoms with E-state index in [-0.39, 0.29) is 6.17 Å². The first-order valence-electron chi connectivity index (χ1n) is 10.3. The van der Waals surface area contributed by atoms with Crippen molar-refractivity contribution in [2.24, 2.45) is 4.99 Å². The fourth-order valence-electron chi connectivity index (χ4n) is 2.99. The Labute approximate surface area is 184 Å². The molecule has 0 radical (unpaired) electrons. The zero-order chi connectivity index (χ0) is 21.2. The largest absolute Gasteiger partial charge is 0.359 e. The normalized spacial score (nSPS) is 15.6. The Morgan fingerprint density at radius 3 is 2.24 bits per heavy atom. The van der Waals surface area contributed by atoms with E-state index in [0.29, 0.717) is 0 Å². The summed E-state index contributed by atoms with van der Waals surface area (Å²) in [5.41, 5.74) is 5.23. The molecule has 1 aliphatic rings. The molecule has 1 heterocycles. The van der Waals surface area contributed by atoms with Gasteiger partial charge in [0, 0.05) is 21.4 Å². The van der Waals surface area contributed by atoms with E-state index in [0.717, 1.165) is 38.4 Å². The fraction of sp³-hybridized carbons (Fsp3) is 0.320. The number of fused-ring (bicyclic) bond motifs is 1. The summed E-state index contributed by atoms with van der Waals surface area (Å²) in [5.74, 6) is 0.855. The molecule has 0 saturated heterocycles. The Kier molecular flexibility index (Phi) is 9.20. The number of nitrogens with one attached hydrogen (secondary N) is 2. The van der Waals surface area contributed by atoms with Gasteiger partial charge in [-0.05, 0) is 53.0 Å². The van der Waals surface area contributed by atoms with Crippen LogP contribution in [0.1, 0.15) is 64.3 Å². The third-order valence-electron chi connectivity index (χ3n) is 4.56. The molecule has 29 heavy (non-hydrogen) atoms. The minimum absolute atomic E-state index is 0.111. The summed E-state index contributed by atoms with van der Waals surface area (Å²) in [4.78, 5) is 4.88. The van der Waals surface area contributed by atoms with E-state index in [4.69, 9.17) is 4.99 Å². The summed E-state index contributed by atoms with van der Waals surface area (Å²) < 4.78 is 0.970. The Balaban J connectivity index is 0.000000537. The summed E-state index contributed by atoms with van der Waals surface area (Å²) >= 11 is 3.58. The molecule has 3 nitrogen and oxygen atoms in total. The molecular formula is C25H32BrN3. The highest BCUT2D eigenvalue weighted by Crippen LogP contribution is 2.29. The van der Waals surface area contributed by atoms with Crippen molar-refractivity contribution < 1.29 is 0 Å². The van der Waals surface area contributed by atoms with E-state index in [1.54, 1.807) is 0 Å². The molecule has 0 spiro atoms. The van der Waals surface area contributed by atoms with Crippen LogP contribution >= 0.6 is 15.9 Å². The van der Waals surface area contributed by atoms with Crippen LogP contribution in [0, 0.1) is 0 Å². The first-order valence-corrected chi connectivity index (χ1v) is 11.0. The molecule has 2 aromatic carbocycles. The molecule has 2 aromatic rings. The number of hydrogen-bond donors (Lipinski definition) is 2. The number of para-hydroxylation sites is 1. The Bertz CT molecular complexity index is 867. The van der Waals surface area contributed by atoms with Crippen molar-refractivity contribution in [3.63, 3.8) is 0 Å². The summed E-state index contributed by atoms with van der Waals surface area (Å²) in [7, 11) is 0. The number of allylic oxidation sites excluding steroid dienone is 3. The first-order chi connectivity index (χ1) is 14.0. The Hall–Kier alpha value is -2.33. The number of aliphatic imine (C=N–C) groups is 1. The van der Waals surface area contributed by atoms with Crippen molar-refractivity contribution in [3.8, 4) is 0 Å². The summed E-state index contributed by atoms with van der Waals surface area (Å²) in [6.07, 6.45) is 3.97. The first kappa shape index (κ1) is 23.0. The lowest BCUT2D eigenvalue weighted by Crippen LogP contribution is -2.30. The lowest BCUT2D eigenvalue weighted by molar-refractivity contribution is 0.772. The summed E-state index contributed by atoms with van der Waals surface area (Å²) in [5, 5.41) is 6.93. The minimum Gasteiger partial charge on any atom is -0.359 e. The highest BCUT2D eigenvalue weighted by atomic mass is 79.9. The fourth-order valence-corrected chi connectivity index (χ4v) is 3.09. The van der Waals surface area contributed by atoms with Gasteiger partial charge in [0.05, 0.1) is 0 Å². The number of unbranched alkanes of at least 4 members (excludes halogenated alkanes) is 2. The predicted octanol–water partition coefficient (Wildman–Crippen LogP) is 7.55. The van der Waals surface area contributed by atoms with Crippen LogP contribution in [0.2, 0.25) is 0 Å². The van der Waals surface area contributed by atoms with Crippen LogP contribution in [0.5, 0.6) is 0 Å². The molecule has 0 amide bonds. The van der Waals surface area contributed by atoms with Crippen molar-refractivity contribution in [3.05, 3.63) is 88.1 Å². The average Bonchev–Trinajstić information content (AvgIpc) is 2.74. The predicted molar refractivity (Wildman–Crippen MR) is 131 cm³/mol. The highest BCUT2D eigenvalue weighted by molar-refractivity contribution is 9.12. The van der Waals surface area contributed by atoms with Gasteiger partial charge < -0.3 is 10.6 Å². The number of nitrogens with zero attached hydrogens (tertiary/aromatic N) is 1. The number of amidine groups is 1. The maximum absolute atomic E-state index is 4.88. The quantitative estimate of drug-likeness (QED) is 0.458. The molecule has 0 saturated carbocycles. The van der Waals surface area contributed by atoms with Gasteiger partial charge in [0.15, 0.2) is 0 Å². The van der Waals surface area contributed by atoms with Crippen LogP contribution in [0.3, 0.4) is 0 Å². The molecule has 0 aliphatic carbocycles. The lowest BCUT2D eigenvalue weighted by Gasteiger charge is -2.27. The van der Waals surface area contributed by atoms with Crippen LogP contribution in [0.25, 0.3) is 0 Å². The molecule has 0 fully saturated rings. The molecule has 3 rings (SSSR count). The third-order valence-corrected chi connectivity index (χ3v) is 5.84. The Morgan fingerprint density at radius 1 is 1.03 bits per heavy atom. The van der Waals surface area contributed by atoms with Gasteiger partial charge in [-0.2, -0.15) is 0 Å². The van der Waals surface area contributed by atoms with E-state index in [2.05, 4.69) is 71.3 Å². The van der Waals surface area contributed by atoms with Gasteiger partial charge in [-0.25, -0.2) is 4.99 Å². The zero-order valence-corrected chi connectivity index (χ0v) is 19.5. The van der Waals surface area contributed by atoms with Gasteiger partial charge >= 0.3 is 0 Å². The summed E-state index contributed by atoms with van der Waals surface area (Å²) in [6, 6.07) is 18.4. The maximum Gasteiger partial charge on any atom is 0.147 e. The van der Waals surface area contributed by atoms with Crippen LogP contribution in [0.4, 0.5) is 5.69 Å². The van der Waals surface area contributed by atoms with E-state index >= 15 is 0 Å². The van der Waals surface area contributed by atoms with Crippen molar-refractivity contribution in [2.75, 3.05) is 5.32 Å². The second-order valence-electron chi connectivity index (χ2n) is 7.18. The van der Waals surface area contributed by atoms with Gasteiger partial charge in [-0.15, -0.1) is 0 Å². The van der Waals surface area contributed by atoms with Crippen LogP contribution < -0.4 is 10.6 Å². The SMILES string of the molecule is C=C(C)/C(Br)=C(\C)NC1=NC(c2ccccc2)Nc2ccccc21.CCCCC. The minimum atomic E-state index is -0.111. The average molecular weight is 454 g/mol. The van der Waals surface area contributed by atoms with Gasteiger partial charge in [-0.3, -0.25) is 0 Å². The number of rotatable bonds is 5. The summed E-state index contributed by atoms with van der Waals surface area (Å²) in [6.45, 7) is 12.4. The second kappa shape index (κ2) is 11.6. The molecule has 1 unspecified atom stereocenters. The van der Waals surface area contributed by atoms with Crippen molar-refractivity contribution in [2.45, 2.75) is 53.1 Å². The van der Waals surface area contributed by atoms with Gasteiger partial charge in [0.1, 0.15) is 12.0 Å². The highest BCUT2D eigenvalue weighted by Gasteiger charge is 2.21. The second-order valence-corrected chi connectivity index (χ2v) is 7.97. The van der Waals surface area contributed by atoms with E-state index in [9.17, 15) is 0 Å². The topological polar surface area (TPSA) is 36.4 Å². The lowest BCUT2D eigenvalue weighted by atomic mass is 10.1. The van der Waals surface area contributed by atoms with Crippen molar-refractivity contribution >= 4 is 27.5 Å². The van der Waals surface area contributed by atoms with Gasteiger partial charge in [-0.1, -0.05) is 82.2 Å². The molecule has 154 valence electrons. The monoisotopic (exact) mass is 453 g/mol. The van der Waals surface area contributed by atoms with Gasteiger partial charge in [0.25, 0.3) is 0 Å². The molecule has 4 heteroatoms. The maximum atomic E-state index is 4.88. The molecule has 1 atom stereocenters. The van der Waals surface area contributed by atoms with Crippen LogP contribution in [-0.4, -0.2) is 5.84 Å². The molecular weight excluding hydrogens is 422 g/mol. The van der Waals surface area contributed by atoms with Crippen molar-refractivity contribution in [1.82, 2.24) is 5.32 Å². The van der Waals surface area contributed by atoms with E-state index < -0.39 is 0 Å². The molecule has 0 aromatic heterocycles. The van der Waals surface area contributed by atoms with E-state index in [1.165, 1.54) is 19.3 Å². The van der Waals surface area contributed by atoms with Gasteiger partial charge in [0.2, 0.25) is 0 Å². The van der Waals surface area contributed by atoms with Crippen molar-refractivity contribution in [1.29, 1.82) is 0 Å². The number of halogens is 1.